The second kappa shape index (κ2) is 7.67. The molecular weight excluding hydrogens is 382 g/mol. The minimum atomic E-state index is -0.595. The van der Waals surface area contributed by atoms with E-state index in [1.807, 2.05) is 64.1 Å². The summed E-state index contributed by atoms with van der Waals surface area (Å²) in [7, 11) is 0. The van der Waals surface area contributed by atoms with Crippen molar-refractivity contribution in [3.05, 3.63) is 47.5 Å². The van der Waals surface area contributed by atoms with Crippen LogP contribution in [0.3, 0.4) is 0 Å². The summed E-state index contributed by atoms with van der Waals surface area (Å²) in [6, 6.07) is 11.0. The normalized spacial score (nSPS) is 16.3. The van der Waals surface area contributed by atoms with Gasteiger partial charge in [-0.3, -0.25) is 4.79 Å². The fourth-order valence-corrected chi connectivity index (χ4v) is 3.86. The van der Waals surface area contributed by atoms with Gasteiger partial charge in [0.25, 0.3) is 5.91 Å². The van der Waals surface area contributed by atoms with E-state index in [0.717, 1.165) is 22.4 Å². The van der Waals surface area contributed by atoms with E-state index in [1.165, 1.54) is 0 Å². The third-order valence-corrected chi connectivity index (χ3v) is 5.26. The van der Waals surface area contributed by atoms with Crippen molar-refractivity contribution in [2.45, 2.75) is 52.3 Å². The second-order valence-corrected chi connectivity index (χ2v) is 8.62. The van der Waals surface area contributed by atoms with Gasteiger partial charge in [-0.1, -0.05) is 25.1 Å². The molecule has 0 aromatic heterocycles. The van der Waals surface area contributed by atoms with Gasteiger partial charge < -0.3 is 19.1 Å². The van der Waals surface area contributed by atoms with Crippen LogP contribution < -0.4 is 9.47 Å². The molecule has 2 aromatic carbocycles. The molecule has 158 valence electrons. The highest BCUT2D eigenvalue weighted by Crippen LogP contribution is 2.36. The first-order valence-electron chi connectivity index (χ1n) is 10.3. The topological polar surface area (TPSA) is 65.1 Å². The molecule has 0 bridgehead atoms. The van der Waals surface area contributed by atoms with Gasteiger partial charge in [0.05, 0.1) is 0 Å². The Morgan fingerprint density at radius 3 is 2.43 bits per heavy atom. The minimum absolute atomic E-state index is 0.137. The molecule has 0 N–H and O–H groups in total. The Hall–Kier alpha value is -3.02. The molecule has 0 spiro atoms. The summed E-state index contributed by atoms with van der Waals surface area (Å²) in [5.41, 5.74) is 2.83. The molecule has 2 aliphatic rings. The smallest absolute Gasteiger partial charge is 0.329 e. The van der Waals surface area contributed by atoms with Gasteiger partial charge in [-0.2, -0.15) is 0 Å². The summed E-state index contributed by atoms with van der Waals surface area (Å²) < 4.78 is 16.8. The van der Waals surface area contributed by atoms with Gasteiger partial charge in [0.2, 0.25) is 0 Å². The number of hydrogen-bond donors (Lipinski definition) is 0. The maximum atomic E-state index is 13.2. The standard InChI is InChI=1S/C24H27NO5/c1-5-19(23(27)30-24(2,3)4)25-14-17-7-6-15(12-18(17)22(25)26)16-8-9-20-21(13-16)29-11-10-28-20/h6-9,12-13,19H,5,10-11,14H2,1-4H3/t19-/m0/s1. The lowest BCUT2D eigenvalue weighted by molar-refractivity contribution is -0.160. The van der Waals surface area contributed by atoms with Crippen LogP contribution in [-0.4, -0.2) is 41.6 Å². The maximum Gasteiger partial charge on any atom is 0.329 e. The quantitative estimate of drug-likeness (QED) is 0.708. The van der Waals surface area contributed by atoms with E-state index in [2.05, 4.69) is 0 Å². The van der Waals surface area contributed by atoms with Crippen LogP contribution in [0, 0.1) is 0 Å². The predicted octanol–water partition coefficient (Wildman–Crippen LogP) is 4.20. The SMILES string of the molecule is CC[C@@H](C(=O)OC(C)(C)C)N1Cc2ccc(-c3ccc4c(c3)OCCO4)cc2C1=O. The Labute approximate surface area is 176 Å². The van der Waals surface area contributed by atoms with Crippen LogP contribution in [-0.2, 0) is 16.1 Å². The van der Waals surface area contributed by atoms with Crippen molar-refractivity contribution < 1.29 is 23.8 Å². The molecule has 6 nitrogen and oxygen atoms in total. The number of amides is 1. The van der Waals surface area contributed by atoms with E-state index >= 15 is 0 Å². The number of carbonyl (C=O) groups is 2. The molecular formula is C24H27NO5. The number of hydrogen-bond acceptors (Lipinski definition) is 5. The molecule has 0 saturated heterocycles. The number of esters is 1. The number of carbonyl (C=O) groups excluding carboxylic acids is 2. The highest BCUT2D eigenvalue weighted by atomic mass is 16.6. The van der Waals surface area contributed by atoms with Gasteiger partial charge in [-0.05, 0) is 62.1 Å². The molecule has 2 aromatic rings. The Balaban J connectivity index is 1.59. The molecule has 2 heterocycles. The van der Waals surface area contributed by atoms with Gasteiger partial charge in [-0.25, -0.2) is 4.79 Å². The van der Waals surface area contributed by atoms with Gasteiger partial charge >= 0.3 is 5.97 Å². The molecule has 2 aliphatic heterocycles. The first-order valence-corrected chi connectivity index (χ1v) is 10.3. The highest BCUT2D eigenvalue weighted by Gasteiger charge is 2.37. The third-order valence-electron chi connectivity index (χ3n) is 5.26. The van der Waals surface area contributed by atoms with Crippen LogP contribution in [0.2, 0.25) is 0 Å². The van der Waals surface area contributed by atoms with E-state index in [0.29, 0.717) is 37.5 Å². The molecule has 1 amide bonds. The van der Waals surface area contributed by atoms with Crippen LogP contribution in [0.4, 0.5) is 0 Å². The molecule has 4 rings (SSSR count). The summed E-state index contributed by atoms with van der Waals surface area (Å²) in [6.45, 7) is 8.87. The number of fused-ring (bicyclic) bond motifs is 2. The first kappa shape index (κ1) is 20.3. The summed E-state index contributed by atoms with van der Waals surface area (Å²) in [5, 5.41) is 0. The second-order valence-electron chi connectivity index (χ2n) is 8.62. The lowest BCUT2D eigenvalue weighted by Crippen LogP contribution is -2.44. The van der Waals surface area contributed by atoms with Crippen molar-refractivity contribution in [1.29, 1.82) is 0 Å². The van der Waals surface area contributed by atoms with E-state index in [-0.39, 0.29) is 11.9 Å². The van der Waals surface area contributed by atoms with Crippen molar-refractivity contribution in [2.75, 3.05) is 13.2 Å². The van der Waals surface area contributed by atoms with Crippen LogP contribution in [0.5, 0.6) is 11.5 Å². The van der Waals surface area contributed by atoms with Crippen LogP contribution in [0.15, 0.2) is 36.4 Å². The van der Waals surface area contributed by atoms with E-state index in [1.54, 1.807) is 4.90 Å². The summed E-state index contributed by atoms with van der Waals surface area (Å²) in [5.74, 6) is 0.944. The van der Waals surface area contributed by atoms with Crippen molar-refractivity contribution in [3.63, 3.8) is 0 Å². The summed E-state index contributed by atoms with van der Waals surface area (Å²) >= 11 is 0. The molecule has 0 saturated carbocycles. The lowest BCUT2D eigenvalue weighted by Gasteiger charge is -2.29. The van der Waals surface area contributed by atoms with E-state index < -0.39 is 11.6 Å². The predicted molar refractivity (Wildman–Crippen MR) is 113 cm³/mol. The van der Waals surface area contributed by atoms with Gasteiger partial charge in [0, 0.05) is 12.1 Å². The van der Waals surface area contributed by atoms with Crippen LogP contribution >= 0.6 is 0 Å². The maximum absolute atomic E-state index is 13.2. The van der Waals surface area contributed by atoms with E-state index in [4.69, 9.17) is 14.2 Å². The summed E-state index contributed by atoms with van der Waals surface area (Å²) in [4.78, 5) is 27.4. The number of ether oxygens (including phenoxy) is 3. The third kappa shape index (κ3) is 3.86. The van der Waals surface area contributed by atoms with Crippen molar-refractivity contribution in [2.24, 2.45) is 0 Å². The fraction of sp³-hybridized carbons (Fsp3) is 0.417. The zero-order valence-electron chi connectivity index (χ0n) is 17.9. The number of nitrogens with zero attached hydrogens (tertiary/aromatic N) is 1. The zero-order valence-corrected chi connectivity index (χ0v) is 17.9. The number of benzene rings is 2. The molecule has 6 heteroatoms. The van der Waals surface area contributed by atoms with Gasteiger partial charge in [0.15, 0.2) is 11.5 Å². The average molecular weight is 409 g/mol. The van der Waals surface area contributed by atoms with Crippen LogP contribution in [0.25, 0.3) is 11.1 Å². The average Bonchev–Trinajstić information content (AvgIpc) is 3.03. The molecule has 0 unspecified atom stereocenters. The Morgan fingerprint density at radius 2 is 1.73 bits per heavy atom. The minimum Gasteiger partial charge on any atom is -0.486 e. The Bertz CT molecular complexity index is 992. The molecule has 0 fully saturated rings. The highest BCUT2D eigenvalue weighted by molar-refractivity contribution is 6.01. The van der Waals surface area contributed by atoms with E-state index in [9.17, 15) is 9.59 Å². The monoisotopic (exact) mass is 409 g/mol. The molecule has 0 radical (unpaired) electrons. The number of rotatable bonds is 4. The fourth-order valence-electron chi connectivity index (χ4n) is 3.86. The Morgan fingerprint density at radius 1 is 1.07 bits per heavy atom. The van der Waals surface area contributed by atoms with Crippen molar-refractivity contribution >= 4 is 11.9 Å². The first-order chi connectivity index (χ1) is 14.3. The zero-order chi connectivity index (χ0) is 21.5. The van der Waals surface area contributed by atoms with Crippen LogP contribution in [0.1, 0.15) is 50.0 Å². The lowest BCUT2D eigenvalue weighted by atomic mass is 10.00. The molecule has 30 heavy (non-hydrogen) atoms. The Kier molecular flexibility index (Phi) is 5.18. The molecule has 0 aliphatic carbocycles. The van der Waals surface area contributed by atoms with Gasteiger partial charge in [0.1, 0.15) is 24.9 Å². The van der Waals surface area contributed by atoms with Crippen molar-refractivity contribution in [3.8, 4) is 22.6 Å². The molecule has 1 atom stereocenters. The van der Waals surface area contributed by atoms with Gasteiger partial charge in [-0.15, -0.1) is 0 Å². The summed E-state index contributed by atoms with van der Waals surface area (Å²) in [6.07, 6.45) is 0.504. The largest absolute Gasteiger partial charge is 0.486 e. The van der Waals surface area contributed by atoms with Crippen molar-refractivity contribution in [1.82, 2.24) is 4.90 Å².